The maximum Gasteiger partial charge on any atom is 0.243 e. The first-order valence-electron chi connectivity index (χ1n) is 8.22. The number of benzene rings is 1. The molecule has 1 aliphatic heterocycles. The molecule has 1 aromatic carbocycles. The van der Waals surface area contributed by atoms with Crippen LogP contribution >= 0.6 is 0 Å². The number of anilines is 1. The summed E-state index contributed by atoms with van der Waals surface area (Å²) in [6.45, 7) is 5.16. The second-order valence-electron chi connectivity index (χ2n) is 6.24. The summed E-state index contributed by atoms with van der Waals surface area (Å²) in [7, 11) is -3.66. The molecule has 3 rings (SSSR count). The lowest BCUT2D eigenvalue weighted by atomic mass is 10.1. The predicted molar refractivity (Wildman–Crippen MR) is 95.8 cm³/mol. The quantitative estimate of drug-likeness (QED) is 0.823. The summed E-state index contributed by atoms with van der Waals surface area (Å²) in [6, 6.07) is 8.88. The van der Waals surface area contributed by atoms with Crippen molar-refractivity contribution in [2.24, 2.45) is 0 Å². The van der Waals surface area contributed by atoms with E-state index in [-0.39, 0.29) is 18.0 Å². The van der Waals surface area contributed by atoms with Gasteiger partial charge in [-0.1, -0.05) is 0 Å². The first-order valence-corrected chi connectivity index (χ1v) is 9.66. The molecule has 0 atom stereocenters. The normalized spacial score (nSPS) is 15.7. The molecular formula is C18H19FN4O2S. The molecule has 0 unspecified atom stereocenters. The molecule has 1 aromatic heterocycles. The number of aromatic nitrogens is 1. The van der Waals surface area contributed by atoms with Crippen molar-refractivity contribution in [3.63, 3.8) is 0 Å². The van der Waals surface area contributed by atoms with Crippen LogP contribution in [-0.4, -0.2) is 43.9 Å². The Bertz CT molecular complexity index is 960. The average molecular weight is 374 g/mol. The highest BCUT2D eigenvalue weighted by Crippen LogP contribution is 2.25. The third-order valence-corrected chi connectivity index (χ3v) is 6.34. The molecule has 8 heteroatoms. The van der Waals surface area contributed by atoms with E-state index in [2.05, 4.69) is 11.1 Å². The summed E-state index contributed by atoms with van der Waals surface area (Å²) in [5, 5.41) is 9.42. The second kappa shape index (κ2) is 7.02. The van der Waals surface area contributed by atoms with Crippen LogP contribution in [0.2, 0.25) is 0 Å². The molecule has 1 saturated heterocycles. The minimum absolute atomic E-state index is 0.0783. The fourth-order valence-electron chi connectivity index (χ4n) is 3.08. The zero-order valence-corrected chi connectivity index (χ0v) is 15.4. The largest absolute Gasteiger partial charge is 0.353 e. The van der Waals surface area contributed by atoms with Crippen molar-refractivity contribution in [2.45, 2.75) is 18.7 Å². The van der Waals surface area contributed by atoms with E-state index in [9.17, 15) is 18.1 Å². The third kappa shape index (κ3) is 3.41. The molecule has 0 bridgehead atoms. The monoisotopic (exact) mass is 374 g/mol. The number of piperazine rings is 1. The van der Waals surface area contributed by atoms with Gasteiger partial charge < -0.3 is 4.90 Å². The first kappa shape index (κ1) is 18.3. The fraction of sp³-hybridized carbons (Fsp3) is 0.333. The Labute approximate surface area is 152 Å². The van der Waals surface area contributed by atoms with Crippen LogP contribution in [0.1, 0.15) is 16.8 Å². The smallest absolute Gasteiger partial charge is 0.243 e. The number of aryl methyl sites for hydroxylation is 2. The van der Waals surface area contributed by atoms with Crippen LogP contribution in [0.3, 0.4) is 0 Å². The topological polar surface area (TPSA) is 77.3 Å². The Morgan fingerprint density at radius 2 is 1.73 bits per heavy atom. The van der Waals surface area contributed by atoms with Crippen molar-refractivity contribution < 1.29 is 12.8 Å². The van der Waals surface area contributed by atoms with Gasteiger partial charge in [0.25, 0.3) is 0 Å². The van der Waals surface area contributed by atoms with E-state index < -0.39 is 15.8 Å². The number of hydrogen-bond donors (Lipinski definition) is 0. The molecule has 0 N–H and O–H groups in total. The maximum absolute atomic E-state index is 13.0. The number of hydrogen-bond acceptors (Lipinski definition) is 5. The molecule has 0 saturated carbocycles. The molecule has 1 aliphatic rings. The molecule has 0 radical (unpaired) electrons. The van der Waals surface area contributed by atoms with Crippen molar-refractivity contribution in [1.29, 1.82) is 5.26 Å². The standard InChI is InChI=1S/C18H19FN4O2S/c1-13-11-14(2)21-18(17(13)12-20)22-7-9-23(10-8-22)26(24,25)16-5-3-15(19)4-6-16/h3-6,11H,7-10H2,1-2H3. The van der Waals surface area contributed by atoms with Crippen LogP contribution in [0, 0.1) is 31.0 Å². The van der Waals surface area contributed by atoms with Gasteiger partial charge in [0, 0.05) is 31.9 Å². The first-order chi connectivity index (χ1) is 12.3. The molecular weight excluding hydrogens is 355 g/mol. The second-order valence-corrected chi connectivity index (χ2v) is 8.17. The Morgan fingerprint density at radius 3 is 2.31 bits per heavy atom. The summed E-state index contributed by atoms with van der Waals surface area (Å²) in [4.78, 5) is 6.50. The van der Waals surface area contributed by atoms with E-state index in [1.54, 1.807) is 0 Å². The molecule has 0 aliphatic carbocycles. The summed E-state index contributed by atoms with van der Waals surface area (Å²) in [5.41, 5.74) is 2.19. The molecule has 26 heavy (non-hydrogen) atoms. The number of sulfonamides is 1. The lowest BCUT2D eigenvalue weighted by Gasteiger charge is -2.35. The molecule has 0 amide bonds. The third-order valence-electron chi connectivity index (χ3n) is 4.43. The summed E-state index contributed by atoms with van der Waals surface area (Å²) >= 11 is 0. The lowest BCUT2D eigenvalue weighted by Crippen LogP contribution is -2.49. The Morgan fingerprint density at radius 1 is 1.12 bits per heavy atom. The predicted octanol–water partition coefficient (Wildman–Crippen LogP) is 2.22. The van der Waals surface area contributed by atoms with Gasteiger partial charge in [-0.05, 0) is 49.7 Å². The Balaban J connectivity index is 1.80. The van der Waals surface area contributed by atoms with E-state index in [0.29, 0.717) is 24.5 Å². The van der Waals surface area contributed by atoms with Crippen molar-refractivity contribution in [3.8, 4) is 6.07 Å². The van der Waals surface area contributed by atoms with Gasteiger partial charge in [0.05, 0.1) is 10.5 Å². The van der Waals surface area contributed by atoms with Gasteiger partial charge in [-0.3, -0.25) is 0 Å². The van der Waals surface area contributed by atoms with Gasteiger partial charge in [-0.2, -0.15) is 9.57 Å². The van der Waals surface area contributed by atoms with Crippen LogP contribution in [0.4, 0.5) is 10.2 Å². The van der Waals surface area contributed by atoms with Crippen LogP contribution in [0.25, 0.3) is 0 Å². The summed E-state index contributed by atoms with van der Waals surface area (Å²) < 4.78 is 39.8. The van der Waals surface area contributed by atoms with E-state index >= 15 is 0 Å². The van der Waals surface area contributed by atoms with E-state index in [0.717, 1.165) is 23.4 Å². The van der Waals surface area contributed by atoms with Gasteiger partial charge in [-0.25, -0.2) is 17.8 Å². The van der Waals surface area contributed by atoms with Gasteiger partial charge in [0.15, 0.2) is 0 Å². The molecule has 0 spiro atoms. The molecule has 6 nitrogen and oxygen atoms in total. The Kier molecular flexibility index (Phi) is 4.94. The number of pyridine rings is 1. The highest BCUT2D eigenvalue weighted by atomic mass is 32.2. The highest BCUT2D eigenvalue weighted by molar-refractivity contribution is 7.89. The van der Waals surface area contributed by atoms with Crippen LogP contribution in [0.5, 0.6) is 0 Å². The molecule has 2 heterocycles. The SMILES string of the molecule is Cc1cc(C)c(C#N)c(N2CCN(S(=O)(=O)c3ccc(F)cc3)CC2)n1. The fourth-order valence-corrected chi connectivity index (χ4v) is 4.50. The number of rotatable bonds is 3. The van der Waals surface area contributed by atoms with E-state index in [1.165, 1.54) is 16.4 Å². The number of nitrogens with zero attached hydrogens (tertiary/aromatic N) is 4. The van der Waals surface area contributed by atoms with Crippen molar-refractivity contribution in [3.05, 3.63) is 53.0 Å². The lowest BCUT2D eigenvalue weighted by molar-refractivity contribution is 0.383. The highest BCUT2D eigenvalue weighted by Gasteiger charge is 2.30. The minimum atomic E-state index is -3.66. The van der Waals surface area contributed by atoms with Gasteiger partial charge in [0.2, 0.25) is 10.0 Å². The zero-order valence-electron chi connectivity index (χ0n) is 14.6. The zero-order chi connectivity index (χ0) is 18.9. The van der Waals surface area contributed by atoms with Crippen molar-refractivity contribution in [2.75, 3.05) is 31.1 Å². The average Bonchev–Trinajstić information content (AvgIpc) is 2.61. The molecule has 2 aromatic rings. The van der Waals surface area contributed by atoms with Crippen LogP contribution in [-0.2, 0) is 10.0 Å². The van der Waals surface area contributed by atoms with E-state index in [4.69, 9.17) is 0 Å². The Hall–Kier alpha value is -2.50. The summed E-state index contributed by atoms with van der Waals surface area (Å²) in [6.07, 6.45) is 0. The van der Waals surface area contributed by atoms with E-state index in [1.807, 2.05) is 24.8 Å². The summed E-state index contributed by atoms with van der Waals surface area (Å²) in [5.74, 6) is 0.127. The van der Waals surface area contributed by atoms with Crippen LogP contribution in [0.15, 0.2) is 35.2 Å². The van der Waals surface area contributed by atoms with Crippen molar-refractivity contribution >= 4 is 15.8 Å². The number of halogens is 1. The van der Waals surface area contributed by atoms with Crippen molar-refractivity contribution in [1.82, 2.24) is 9.29 Å². The van der Waals surface area contributed by atoms with Gasteiger partial charge >= 0.3 is 0 Å². The molecule has 1 fully saturated rings. The van der Waals surface area contributed by atoms with Gasteiger partial charge in [0.1, 0.15) is 17.7 Å². The van der Waals surface area contributed by atoms with Gasteiger partial charge in [-0.15, -0.1) is 0 Å². The maximum atomic E-state index is 13.0. The minimum Gasteiger partial charge on any atom is -0.353 e. The van der Waals surface area contributed by atoms with Crippen LogP contribution < -0.4 is 4.90 Å². The molecule has 136 valence electrons. The number of nitriles is 1.